The summed E-state index contributed by atoms with van der Waals surface area (Å²) in [5.41, 5.74) is 1.85. The van der Waals surface area contributed by atoms with E-state index in [4.69, 9.17) is 4.74 Å². The molecule has 1 saturated heterocycles. The number of rotatable bonds is 7. The lowest BCUT2D eigenvalue weighted by molar-refractivity contribution is 0.0895. The summed E-state index contributed by atoms with van der Waals surface area (Å²) in [5.74, 6) is 1.72. The van der Waals surface area contributed by atoms with Crippen molar-refractivity contribution < 1.29 is 9.53 Å². The molecule has 0 bridgehead atoms. The van der Waals surface area contributed by atoms with Crippen molar-refractivity contribution in [2.24, 2.45) is 5.92 Å². The Kier molecular flexibility index (Phi) is 6.44. The summed E-state index contributed by atoms with van der Waals surface area (Å²) in [7, 11) is 0. The zero-order valence-corrected chi connectivity index (χ0v) is 14.2. The molecule has 0 aliphatic carbocycles. The predicted molar refractivity (Wildman–Crippen MR) is 90.8 cm³/mol. The number of ether oxygens (including phenoxy) is 1. The molecule has 0 N–H and O–H groups in total. The van der Waals surface area contributed by atoms with Crippen LogP contribution in [0.5, 0.6) is 5.75 Å². The second kappa shape index (κ2) is 8.33. The number of nitrogens with zero attached hydrogens (tertiary/aromatic N) is 1. The minimum atomic E-state index is 0.185. The van der Waals surface area contributed by atoms with Crippen molar-refractivity contribution in [3.05, 3.63) is 29.3 Å². The molecule has 122 valence electrons. The van der Waals surface area contributed by atoms with Crippen molar-refractivity contribution in [2.45, 2.75) is 46.5 Å². The summed E-state index contributed by atoms with van der Waals surface area (Å²) >= 11 is 0. The number of aryl methyl sites for hydroxylation is 1. The SMILES string of the molecule is CCCCOc1ccc(C)cc1C(=O)CN1CCC(C)CC1. The van der Waals surface area contributed by atoms with Gasteiger partial charge in [0.05, 0.1) is 18.7 Å². The molecule has 0 radical (unpaired) electrons. The molecule has 1 fully saturated rings. The first-order chi connectivity index (χ1) is 10.6. The molecule has 0 unspecified atom stereocenters. The third-order valence-corrected chi connectivity index (χ3v) is 4.43. The van der Waals surface area contributed by atoms with E-state index in [9.17, 15) is 4.79 Å². The number of Topliss-reactive ketones (excluding diaryl/α,β-unsaturated/α-hetero) is 1. The fraction of sp³-hybridized carbons (Fsp3) is 0.632. The first-order valence-corrected chi connectivity index (χ1v) is 8.59. The van der Waals surface area contributed by atoms with E-state index in [0.717, 1.165) is 48.7 Å². The molecule has 0 saturated carbocycles. The van der Waals surface area contributed by atoms with Gasteiger partial charge in [-0.1, -0.05) is 31.9 Å². The molecular formula is C19H29NO2. The number of carbonyl (C=O) groups excluding carboxylic acids is 1. The van der Waals surface area contributed by atoms with Crippen LogP contribution in [0.1, 0.15) is 55.5 Å². The average Bonchev–Trinajstić information content (AvgIpc) is 2.51. The average molecular weight is 303 g/mol. The van der Waals surface area contributed by atoms with Crippen LogP contribution in [-0.4, -0.2) is 36.9 Å². The van der Waals surface area contributed by atoms with Crippen molar-refractivity contribution >= 4 is 5.78 Å². The highest BCUT2D eigenvalue weighted by Gasteiger charge is 2.20. The maximum atomic E-state index is 12.7. The van der Waals surface area contributed by atoms with Crippen LogP contribution in [0.4, 0.5) is 0 Å². The Morgan fingerprint density at radius 3 is 2.73 bits per heavy atom. The van der Waals surface area contributed by atoms with Crippen molar-refractivity contribution in [3.63, 3.8) is 0 Å². The monoisotopic (exact) mass is 303 g/mol. The summed E-state index contributed by atoms with van der Waals surface area (Å²) in [6, 6.07) is 5.92. The van der Waals surface area contributed by atoms with E-state index in [2.05, 4.69) is 18.7 Å². The molecule has 3 nitrogen and oxygen atoms in total. The van der Waals surface area contributed by atoms with E-state index in [-0.39, 0.29) is 5.78 Å². The lowest BCUT2D eigenvalue weighted by Crippen LogP contribution is -2.36. The van der Waals surface area contributed by atoms with Crippen molar-refractivity contribution in [2.75, 3.05) is 26.2 Å². The highest BCUT2D eigenvalue weighted by Crippen LogP contribution is 2.23. The van der Waals surface area contributed by atoms with E-state index in [1.807, 2.05) is 25.1 Å². The lowest BCUT2D eigenvalue weighted by Gasteiger charge is -2.29. The number of piperidine rings is 1. The first-order valence-electron chi connectivity index (χ1n) is 8.59. The van der Waals surface area contributed by atoms with Gasteiger partial charge in [0.15, 0.2) is 5.78 Å². The number of benzene rings is 1. The van der Waals surface area contributed by atoms with Gasteiger partial charge < -0.3 is 4.74 Å². The fourth-order valence-electron chi connectivity index (χ4n) is 2.82. The Labute approximate surface area is 134 Å². The second-order valence-electron chi connectivity index (χ2n) is 6.58. The van der Waals surface area contributed by atoms with Gasteiger partial charge in [-0.15, -0.1) is 0 Å². The van der Waals surface area contributed by atoms with Crippen LogP contribution in [0.3, 0.4) is 0 Å². The van der Waals surface area contributed by atoms with Gasteiger partial charge in [-0.2, -0.15) is 0 Å². The van der Waals surface area contributed by atoms with Gasteiger partial charge >= 0.3 is 0 Å². The van der Waals surface area contributed by atoms with Crippen LogP contribution in [-0.2, 0) is 0 Å². The summed E-state index contributed by atoms with van der Waals surface area (Å²) in [6.07, 6.45) is 4.51. The topological polar surface area (TPSA) is 29.5 Å². The summed E-state index contributed by atoms with van der Waals surface area (Å²) in [4.78, 5) is 15.0. The lowest BCUT2D eigenvalue weighted by atomic mass is 9.98. The maximum Gasteiger partial charge on any atom is 0.180 e. The first kappa shape index (κ1) is 17.0. The molecule has 0 spiro atoms. The maximum absolute atomic E-state index is 12.7. The number of likely N-dealkylation sites (tertiary alicyclic amines) is 1. The Balaban J connectivity index is 2.02. The molecule has 1 aliphatic rings. The number of hydrogen-bond donors (Lipinski definition) is 0. The van der Waals surface area contributed by atoms with Crippen LogP contribution in [0.15, 0.2) is 18.2 Å². The summed E-state index contributed by atoms with van der Waals surface area (Å²) < 4.78 is 5.82. The number of ketones is 1. The second-order valence-corrected chi connectivity index (χ2v) is 6.58. The normalized spacial score (nSPS) is 16.7. The number of hydrogen-bond acceptors (Lipinski definition) is 3. The third kappa shape index (κ3) is 4.84. The Bertz CT molecular complexity index is 490. The van der Waals surface area contributed by atoms with Gasteiger partial charge in [-0.25, -0.2) is 0 Å². The molecule has 1 aromatic rings. The van der Waals surface area contributed by atoms with Gasteiger partial charge in [0.1, 0.15) is 5.75 Å². The molecule has 22 heavy (non-hydrogen) atoms. The standard InChI is InChI=1S/C19H29NO2/c1-4-5-12-22-19-7-6-16(3)13-17(19)18(21)14-20-10-8-15(2)9-11-20/h6-7,13,15H,4-5,8-12,14H2,1-3H3. The number of unbranched alkanes of at least 4 members (excludes halogenated alkanes) is 1. The van der Waals surface area contributed by atoms with E-state index in [0.29, 0.717) is 13.2 Å². The van der Waals surface area contributed by atoms with E-state index < -0.39 is 0 Å². The number of carbonyl (C=O) groups is 1. The van der Waals surface area contributed by atoms with Crippen LogP contribution < -0.4 is 4.74 Å². The smallest absolute Gasteiger partial charge is 0.180 e. The van der Waals surface area contributed by atoms with Crippen molar-refractivity contribution in [3.8, 4) is 5.75 Å². The molecule has 2 rings (SSSR count). The molecule has 0 amide bonds. The molecule has 0 atom stereocenters. The Morgan fingerprint density at radius 1 is 1.32 bits per heavy atom. The van der Waals surface area contributed by atoms with Gasteiger partial charge in [-0.05, 0) is 57.3 Å². The van der Waals surface area contributed by atoms with Gasteiger partial charge in [0.2, 0.25) is 0 Å². The van der Waals surface area contributed by atoms with E-state index >= 15 is 0 Å². The highest BCUT2D eigenvalue weighted by molar-refractivity contribution is 6.00. The van der Waals surface area contributed by atoms with E-state index in [1.54, 1.807) is 0 Å². The molecule has 1 aromatic carbocycles. The third-order valence-electron chi connectivity index (χ3n) is 4.43. The summed E-state index contributed by atoms with van der Waals surface area (Å²) in [5, 5.41) is 0. The minimum Gasteiger partial charge on any atom is -0.493 e. The molecule has 1 aliphatic heterocycles. The molecule has 0 aromatic heterocycles. The molecule has 3 heteroatoms. The minimum absolute atomic E-state index is 0.185. The van der Waals surface area contributed by atoms with Crippen molar-refractivity contribution in [1.82, 2.24) is 4.90 Å². The zero-order chi connectivity index (χ0) is 15.9. The van der Waals surface area contributed by atoms with Gasteiger partial charge in [-0.3, -0.25) is 9.69 Å². The van der Waals surface area contributed by atoms with E-state index in [1.165, 1.54) is 12.8 Å². The van der Waals surface area contributed by atoms with Crippen LogP contribution >= 0.6 is 0 Å². The van der Waals surface area contributed by atoms with Crippen LogP contribution in [0.2, 0.25) is 0 Å². The summed E-state index contributed by atoms with van der Waals surface area (Å²) in [6.45, 7) is 9.72. The van der Waals surface area contributed by atoms with Gasteiger partial charge in [0, 0.05) is 0 Å². The van der Waals surface area contributed by atoms with Crippen molar-refractivity contribution in [1.29, 1.82) is 0 Å². The van der Waals surface area contributed by atoms with Gasteiger partial charge in [0.25, 0.3) is 0 Å². The highest BCUT2D eigenvalue weighted by atomic mass is 16.5. The fourth-order valence-corrected chi connectivity index (χ4v) is 2.82. The molecular weight excluding hydrogens is 274 g/mol. The predicted octanol–water partition coefficient (Wildman–Crippen LogP) is 4.09. The quantitative estimate of drug-likeness (QED) is 0.561. The Hall–Kier alpha value is -1.35. The zero-order valence-electron chi connectivity index (χ0n) is 14.2. The molecule has 1 heterocycles. The van der Waals surface area contributed by atoms with Crippen LogP contribution in [0.25, 0.3) is 0 Å². The largest absolute Gasteiger partial charge is 0.493 e. The van der Waals surface area contributed by atoms with Crippen LogP contribution in [0, 0.1) is 12.8 Å². The Morgan fingerprint density at radius 2 is 2.05 bits per heavy atom.